The Labute approximate surface area is 87.6 Å². The minimum atomic E-state index is -0.0631. The Morgan fingerprint density at radius 2 is 2.50 bits per heavy atom. The molecule has 1 rings (SSSR count). The monoisotopic (exact) mass is 210 g/mol. The number of hydrogen-bond donors (Lipinski definition) is 2. The molecule has 0 saturated heterocycles. The molecule has 0 aliphatic heterocycles. The Kier molecular flexibility index (Phi) is 4.96. The van der Waals surface area contributed by atoms with Crippen LogP contribution in [0.3, 0.4) is 0 Å². The third kappa shape index (κ3) is 4.20. The van der Waals surface area contributed by atoms with Crippen molar-refractivity contribution in [1.29, 1.82) is 0 Å². The number of nitrogens with one attached hydrogen (secondary N) is 1. The van der Waals surface area contributed by atoms with Crippen LogP contribution in [0.2, 0.25) is 0 Å². The fraction of sp³-hybridized carbons (Fsp3) is 0.300. The van der Waals surface area contributed by atoms with E-state index in [-0.39, 0.29) is 5.91 Å². The number of hydrogen-bond acceptors (Lipinski definition) is 3. The maximum absolute atomic E-state index is 11.2. The highest BCUT2D eigenvalue weighted by atomic mass is 32.1. The summed E-state index contributed by atoms with van der Waals surface area (Å²) in [7, 11) is 0. The second-order valence-electron chi connectivity index (χ2n) is 2.78. The molecule has 0 fully saturated rings. The summed E-state index contributed by atoms with van der Waals surface area (Å²) in [6.07, 6.45) is 4.17. The molecule has 3 N–H and O–H groups in total. The average Bonchev–Trinajstić information content (AvgIpc) is 2.68. The van der Waals surface area contributed by atoms with Crippen molar-refractivity contribution >= 4 is 23.3 Å². The molecule has 1 heterocycles. The first-order valence-corrected chi connectivity index (χ1v) is 5.40. The highest BCUT2D eigenvalue weighted by molar-refractivity contribution is 7.10. The van der Waals surface area contributed by atoms with E-state index in [9.17, 15) is 4.79 Å². The molecule has 4 heteroatoms. The van der Waals surface area contributed by atoms with E-state index in [0.29, 0.717) is 13.1 Å². The van der Waals surface area contributed by atoms with Crippen LogP contribution in [0.1, 0.15) is 11.3 Å². The Hall–Kier alpha value is -1.13. The summed E-state index contributed by atoms with van der Waals surface area (Å²) in [6, 6.07) is 3.92. The lowest BCUT2D eigenvalue weighted by molar-refractivity contribution is -0.116. The Bertz CT molecular complexity index is 293. The summed E-state index contributed by atoms with van der Waals surface area (Å²) in [6.45, 7) is 1.25. The fourth-order valence-corrected chi connectivity index (χ4v) is 1.53. The van der Waals surface area contributed by atoms with Crippen LogP contribution in [0.15, 0.2) is 23.6 Å². The number of rotatable bonds is 5. The normalized spacial score (nSPS) is 10.6. The van der Waals surface area contributed by atoms with Gasteiger partial charge in [-0.15, -0.1) is 11.3 Å². The summed E-state index contributed by atoms with van der Waals surface area (Å²) in [4.78, 5) is 12.3. The molecule has 3 nitrogen and oxygen atoms in total. The van der Waals surface area contributed by atoms with E-state index >= 15 is 0 Å². The van der Waals surface area contributed by atoms with Gasteiger partial charge in [-0.2, -0.15) is 0 Å². The number of nitrogens with two attached hydrogens (primary N) is 1. The molecule has 0 aliphatic rings. The van der Waals surface area contributed by atoms with Gasteiger partial charge in [-0.05, 0) is 30.5 Å². The molecule has 1 aromatic rings. The quantitative estimate of drug-likeness (QED) is 0.567. The van der Waals surface area contributed by atoms with Crippen molar-refractivity contribution in [2.45, 2.75) is 6.42 Å². The van der Waals surface area contributed by atoms with Crippen molar-refractivity contribution < 1.29 is 4.79 Å². The summed E-state index contributed by atoms with van der Waals surface area (Å²) >= 11 is 1.61. The van der Waals surface area contributed by atoms with Crippen LogP contribution in [-0.2, 0) is 4.79 Å². The van der Waals surface area contributed by atoms with Gasteiger partial charge in [-0.3, -0.25) is 4.79 Å². The van der Waals surface area contributed by atoms with Crippen LogP contribution in [0.5, 0.6) is 0 Å². The summed E-state index contributed by atoms with van der Waals surface area (Å²) in [5.74, 6) is -0.0631. The van der Waals surface area contributed by atoms with Crippen molar-refractivity contribution in [3.05, 3.63) is 28.5 Å². The van der Waals surface area contributed by atoms with Crippen molar-refractivity contribution in [1.82, 2.24) is 5.32 Å². The molecule has 1 amide bonds. The fourth-order valence-electron chi connectivity index (χ4n) is 0.916. The first-order valence-electron chi connectivity index (χ1n) is 4.52. The second-order valence-corrected chi connectivity index (χ2v) is 3.76. The predicted molar refractivity (Wildman–Crippen MR) is 60.0 cm³/mol. The molecule has 1 aromatic heterocycles. The van der Waals surface area contributed by atoms with Crippen LogP contribution in [-0.4, -0.2) is 19.0 Å². The molecule has 0 atom stereocenters. The van der Waals surface area contributed by atoms with Gasteiger partial charge >= 0.3 is 0 Å². The molecule has 0 spiro atoms. The third-order valence-electron chi connectivity index (χ3n) is 1.62. The van der Waals surface area contributed by atoms with Crippen molar-refractivity contribution in [2.75, 3.05) is 13.1 Å². The summed E-state index contributed by atoms with van der Waals surface area (Å²) < 4.78 is 0. The highest BCUT2D eigenvalue weighted by Crippen LogP contribution is 2.09. The van der Waals surface area contributed by atoms with Gasteiger partial charge in [0.2, 0.25) is 5.91 Å². The molecule has 0 unspecified atom stereocenters. The number of carbonyl (C=O) groups excluding carboxylic acids is 1. The SMILES string of the molecule is NCCCNC(=O)C=Cc1cccs1. The maximum atomic E-state index is 11.2. The Morgan fingerprint density at radius 3 is 3.14 bits per heavy atom. The molecule has 0 aliphatic carbocycles. The molecular formula is C10H14N2OS. The van der Waals surface area contributed by atoms with E-state index in [1.54, 1.807) is 17.4 Å². The number of amides is 1. The standard InChI is InChI=1S/C10H14N2OS/c11-6-2-7-12-10(13)5-4-9-3-1-8-14-9/h1,3-5,8H,2,6-7,11H2,(H,12,13). The minimum absolute atomic E-state index is 0.0631. The van der Waals surface area contributed by atoms with E-state index in [4.69, 9.17) is 5.73 Å². The molecular weight excluding hydrogens is 196 g/mol. The smallest absolute Gasteiger partial charge is 0.244 e. The lowest BCUT2D eigenvalue weighted by Gasteiger charge is -1.98. The van der Waals surface area contributed by atoms with Crippen molar-refractivity contribution in [3.8, 4) is 0 Å². The highest BCUT2D eigenvalue weighted by Gasteiger charge is 1.93. The van der Waals surface area contributed by atoms with Crippen LogP contribution >= 0.6 is 11.3 Å². The zero-order valence-corrected chi connectivity index (χ0v) is 8.72. The van der Waals surface area contributed by atoms with Gasteiger partial charge in [-0.25, -0.2) is 0 Å². The molecule has 0 aromatic carbocycles. The van der Waals surface area contributed by atoms with Gasteiger partial charge in [0, 0.05) is 17.5 Å². The van der Waals surface area contributed by atoms with Gasteiger partial charge in [-0.1, -0.05) is 6.07 Å². The Morgan fingerprint density at radius 1 is 1.64 bits per heavy atom. The van der Waals surface area contributed by atoms with Crippen molar-refractivity contribution in [2.24, 2.45) is 5.73 Å². The lowest BCUT2D eigenvalue weighted by Crippen LogP contribution is -2.23. The predicted octanol–water partition coefficient (Wildman–Crippen LogP) is 1.23. The summed E-state index contributed by atoms with van der Waals surface area (Å²) in [5, 5.41) is 4.72. The number of carbonyl (C=O) groups is 1. The molecule has 14 heavy (non-hydrogen) atoms. The minimum Gasteiger partial charge on any atom is -0.353 e. The van der Waals surface area contributed by atoms with Crippen LogP contribution in [0.25, 0.3) is 6.08 Å². The second kappa shape index (κ2) is 6.34. The first kappa shape index (κ1) is 10.9. The van der Waals surface area contributed by atoms with E-state index < -0.39 is 0 Å². The lowest BCUT2D eigenvalue weighted by atomic mass is 10.4. The Balaban J connectivity index is 2.26. The molecule has 76 valence electrons. The average molecular weight is 210 g/mol. The van der Waals surface area contributed by atoms with E-state index in [0.717, 1.165) is 11.3 Å². The van der Waals surface area contributed by atoms with Crippen molar-refractivity contribution in [3.63, 3.8) is 0 Å². The van der Waals surface area contributed by atoms with Gasteiger partial charge in [0.15, 0.2) is 0 Å². The van der Waals surface area contributed by atoms with E-state index in [2.05, 4.69) is 5.32 Å². The molecule has 0 bridgehead atoms. The molecule has 0 radical (unpaired) electrons. The van der Waals surface area contributed by atoms with E-state index in [1.807, 2.05) is 23.6 Å². The maximum Gasteiger partial charge on any atom is 0.244 e. The summed E-state index contributed by atoms with van der Waals surface area (Å²) in [5.41, 5.74) is 5.30. The molecule has 0 saturated carbocycles. The third-order valence-corrected chi connectivity index (χ3v) is 2.46. The first-order chi connectivity index (χ1) is 6.83. The van der Waals surface area contributed by atoms with Crippen LogP contribution in [0.4, 0.5) is 0 Å². The van der Waals surface area contributed by atoms with Gasteiger partial charge in [0.1, 0.15) is 0 Å². The van der Waals surface area contributed by atoms with E-state index in [1.165, 1.54) is 0 Å². The largest absolute Gasteiger partial charge is 0.353 e. The topological polar surface area (TPSA) is 55.1 Å². The zero-order valence-electron chi connectivity index (χ0n) is 7.90. The van der Waals surface area contributed by atoms with Crippen LogP contribution in [0, 0.1) is 0 Å². The van der Waals surface area contributed by atoms with Gasteiger partial charge < -0.3 is 11.1 Å². The number of thiophene rings is 1. The van der Waals surface area contributed by atoms with Gasteiger partial charge in [0.25, 0.3) is 0 Å². The zero-order chi connectivity index (χ0) is 10.2. The van der Waals surface area contributed by atoms with Crippen LogP contribution < -0.4 is 11.1 Å². The van der Waals surface area contributed by atoms with Gasteiger partial charge in [0.05, 0.1) is 0 Å².